The van der Waals surface area contributed by atoms with Crippen molar-refractivity contribution in [1.29, 1.82) is 0 Å². The molecule has 2 nitrogen and oxygen atoms in total. The van der Waals surface area contributed by atoms with Gasteiger partial charge in [0.25, 0.3) is 0 Å². The molecule has 224 valence electrons. The number of hydrogen-bond acceptors (Lipinski definition) is 3. The second-order valence-corrected chi connectivity index (χ2v) is 13.4. The maximum atomic E-state index is 6.35. The van der Waals surface area contributed by atoms with E-state index in [0.29, 0.717) is 0 Å². The van der Waals surface area contributed by atoms with Crippen LogP contribution in [0.25, 0.3) is 64.4 Å². The number of rotatable bonds is 5. The van der Waals surface area contributed by atoms with E-state index < -0.39 is 0 Å². The van der Waals surface area contributed by atoms with Crippen LogP contribution in [0.4, 0.5) is 17.1 Å². The number of anilines is 3. The maximum Gasteiger partial charge on any atom is 0.143 e. The molecule has 0 aliphatic rings. The molecule has 0 saturated heterocycles. The Hall–Kier alpha value is -5.64. The smallest absolute Gasteiger partial charge is 0.143 e. The number of furan rings is 1. The molecule has 47 heavy (non-hydrogen) atoms. The molecule has 0 N–H and O–H groups in total. The van der Waals surface area contributed by atoms with Crippen molar-refractivity contribution in [2.24, 2.45) is 0 Å². The van der Waals surface area contributed by atoms with Crippen molar-refractivity contribution in [2.75, 3.05) is 4.90 Å². The first-order valence-corrected chi connectivity index (χ1v) is 16.8. The van der Waals surface area contributed by atoms with E-state index in [1.165, 1.54) is 42.4 Å². The van der Waals surface area contributed by atoms with Gasteiger partial charge in [0.15, 0.2) is 0 Å². The molecule has 0 aliphatic heterocycles. The van der Waals surface area contributed by atoms with Crippen LogP contribution in [0.1, 0.15) is 11.1 Å². The molecule has 0 radical (unpaired) electrons. The Labute approximate surface area is 277 Å². The topological polar surface area (TPSA) is 16.4 Å². The van der Waals surface area contributed by atoms with Crippen LogP contribution >= 0.6 is 11.3 Å². The minimum Gasteiger partial charge on any atom is -0.455 e. The Kier molecular flexibility index (Phi) is 6.48. The van der Waals surface area contributed by atoms with Crippen LogP contribution in [0.5, 0.6) is 0 Å². The first-order chi connectivity index (χ1) is 23.1. The predicted molar refractivity (Wildman–Crippen MR) is 202 cm³/mol. The zero-order valence-electron chi connectivity index (χ0n) is 26.2. The van der Waals surface area contributed by atoms with Gasteiger partial charge in [-0.15, -0.1) is 11.3 Å². The van der Waals surface area contributed by atoms with Gasteiger partial charge in [0, 0.05) is 53.6 Å². The second kappa shape index (κ2) is 11.0. The summed E-state index contributed by atoms with van der Waals surface area (Å²) in [5, 5.41) is 4.96. The third-order valence-electron chi connectivity index (χ3n) is 9.22. The van der Waals surface area contributed by atoms with Crippen LogP contribution in [0.15, 0.2) is 156 Å². The minimum atomic E-state index is 0.916. The number of thiophene rings is 1. The molecule has 0 bridgehead atoms. The molecule has 3 heteroatoms. The van der Waals surface area contributed by atoms with E-state index in [1.54, 1.807) is 0 Å². The fraction of sp³-hybridized carbons (Fsp3) is 0.0455. The van der Waals surface area contributed by atoms with E-state index in [4.69, 9.17) is 4.42 Å². The molecule has 0 aliphatic carbocycles. The Morgan fingerprint density at radius 1 is 0.468 bits per heavy atom. The average molecular weight is 622 g/mol. The van der Waals surface area contributed by atoms with E-state index in [1.807, 2.05) is 23.5 Å². The molecule has 0 unspecified atom stereocenters. The highest BCUT2D eigenvalue weighted by Crippen LogP contribution is 2.42. The maximum absolute atomic E-state index is 6.35. The molecular weight excluding hydrogens is 591 g/mol. The largest absolute Gasteiger partial charge is 0.455 e. The van der Waals surface area contributed by atoms with Gasteiger partial charge in [-0.1, -0.05) is 108 Å². The van der Waals surface area contributed by atoms with Crippen molar-refractivity contribution in [3.05, 3.63) is 163 Å². The van der Waals surface area contributed by atoms with Crippen molar-refractivity contribution in [1.82, 2.24) is 0 Å². The van der Waals surface area contributed by atoms with E-state index in [0.717, 1.165) is 50.1 Å². The number of hydrogen-bond donors (Lipinski definition) is 0. The highest BCUT2D eigenvalue weighted by Gasteiger charge is 2.16. The molecule has 0 spiro atoms. The quantitative estimate of drug-likeness (QED) is 0.190. The molecule has 9 aromatic rings. The lowest BCUT2D eigenvalue weighted by atomic mass is 10.0. The monoisotopic (exact) mass is 621 g/mol. The van der Waals surface area contributed by atoms with Crippen LogP contribution in [0, 0.1) is 13.8 Å². The van der Waals surface area contributed by atoms with Gasteiger partial charge >= 0.3 is 0 Å². The second-order valence-electron chi connectivity index (χ2n) is 12.3. The van der Waals surface area contributed by atoms with E-state index in [9.17, 15) is 0 Å². The molecule has 2 aromatic heterocycles. The van der Waals surface area contributed by atoms with Gasteiger partial charge < -0.3 is 9.32 Å². The number of fused-ring (bicyclic) bond motifs is 6. The van der Waals surface area contributed by atoms with Crippen LogP contribution in [0.3, 0.4) is 0 Å². The van der Waals surface area contributed by atoms with E-state index in [-0.39, 0.29) is 0 Å². The summed E-state index contributed by atoms with van der Waals surface area (Å²) < 4.78 is 9.03. The summed E-state index contributed by atoms with van der Waals surface area (Å²) >= 11 is 1.88. The highest BCUT2D eigenvalue weighted by molar-refractivity contribution is 7.26. The van der Waals surface area contributed by atoms with Crippen molar-refractivity contribution >= 4 is 70.5 Å². The van der Waals surface area contributed by atoms with Gasteiger partial charge in [0.2, 0.25) is 0 Å². The molecule has 0 amide bonds. The van der Waals surface area contributed by atoms with Crippen molar-refractivity contribution in [2.45, 2.75) is 13.8 Å². The van der Waals surface area contributed by atoms with Gasteiger partial charge in [0.1, 0.15) is 11.2 Å². The first-order valence-electron chi connectivity index (χ1n) is 16.0. The Bertz CT molecular complexity index is 2570. The lowest BCUT2D eigenvalue weighted by Crippen LogP contribution is -2.09. The van der Waals surface area contributed by atoms with Crippen molar-refractivity contribution in [3.8, 4) is 22.3 Å². The molecule has 2 heterocycles. The summed E-state index contributed by atoms with van der Waals surface area (Å²) in [6, 6.07) is 54.7. The van der Waals surface area contributed by atoms with Crippen LogP contribution < -0.4 is 4.90 Å². The summed E-state index contributed by atoms with van der Waals surface area (Å²) in [6.07, 6.45) is 0. The summed E-state index contributed by atoms with van der Waals surface area (Å²) in [7, 11) is 0. The van der Waals surface area contributed by atoms with Crippen LogP contribution in [-0.4, -0.2) is 0 Å². The van der Waals surface area contributed by atoms with Crippen LogP contribution in [-0.2, 0) is 0 Å². The predicted octanol–water partition coefficient (Wildman–Crippen LogP) is 13.4. The Morgan fingerprint density at radius 3 is 1.77 bits per heavy atom. The van der Waals surface area contributed by atoms with E-state index in [2.05, 4.69) is 158 Å². The van der Waals surface area contributed by atoms with Crippen molar-refractivity contribution in [3.63, 3.8) is 0 Å². The number of para-hydroxylation sites is 2. The fourth-order valence-corrected chi connectivity index (χ4v) is 8.05. The third kappa shape index (κ3) is 4.70. The third-order valence-corrected chi connectivity index (χ3v) is 10.4. The minimum absolute atomic E-state index is 0.916. The van der Waals surface area contributed by atoms with Crippen molar-refractivity contribution < 1.29 is 4.42 Å². The number of aryl methyl sites for hydroxylation is 2. The standard InChI is InChI=1S/C44H31NOS/c1-28-13-20-32(21-14-28)45(33-22-16-30(17-23-33)35-8-5-10-38-37-7-3-4-12-41(37)46-43(35)38)34-24-18-31(19-25-34)36-9-6-11-39-40-27-29(2)15-26-42(40)47-44(36)39/h3-27H,1-2H3. The molecule has 0 saturated carbocycles. The van der Waals surface area contributed by atoms with Crippen LogP contribution in [0.2, 0.25) is 0 Å². The Balaban J connectivity index is 1.11. The summed E-state index contributed by atoms with van der Waals surface area (Å²) in [5.74, 6) is 0. The normalized spacial score (nSPS) is 11.6. The van der Waals surface area contributed by atoms with Gasteiger partial charge in [0.05, 0.1) is 0 Å². The lowest BCUT2D eigenvalue weighted by molar-refractivity contribution is 0.670. The lowest BCUT2D eigenvalue weighted by Gasteiger charge is -2.26. The molecule has 0 atom stereocenters. The SMILES string of the molecule is Cc1ccc(N(c2ccc(-c3cccc4c3oc3ccccc34)cc2)c2ccc(-c3cccc4c3sc3ccc(C)cc34)cc2)cc1. The number of nitrogens with zero attached hydrogens (tertiary/aromatic N) is 1. The average Bonchev–Trinajstić information content (AvgIpc) is 3.68. The van der Waals surface area contributed by atoms with Gasteiger partial charge in [-0.3, -0.25) is 0 Å². The molecule has 0 fully saturated rings. The molecule has 7 aromatic carbocycles. The highest BCUT2D eigenvalue weighted by atomic mass is 32.1. The zero-order valence-corrected chi connectivity index (χ0v) is 27.0. The molecule has 9 rings (SSSR count). The summed E-state index contributed by atoms with van der Waals surface area (Å²) in [4.78, 5) is 2.33. The zero-order chi connectivity index (χ0) is 31.5. The summed E-state index contributed by atoms with van der Waals surface area (Å²) in [6.45, 7) is 4.30. The number of benzene rings is 7. The Morgan fingerprint density at radius 2 is 1.04 bits per heavy atom. The van der Waals surface area contributed by atoms with E-state index >= 15 is 0 Å². The summed E-state index contributed by atoms with van der Waals surface area (Å²) in [5.41, 5.74) is 12.4. The molecular formula is C44H31NOS. The first kappa shape index (κ1) is 27.7. The van der Waals surface area contributed by atoms with Gasteiger partial charge in [-0.25, -0.2) is 0 Å². The fourth-order valence-electron chi connectivity index (χ4n) is 6.84. The van der Waals surface area contributed by atoms with Gasteiger partial charge in [-0.2, -0.15) is 0 Å². The van der Waals surface area contributed by atoms with Gasteiger partial charge in [-0.05, 0) is 85.1 Å².